The molecule has 2 fully saturated rings. The van der Waals surface area contributed by atoms with Crippen molar-refractivity contribution in [2.24, 2.45) is 17.8 Å². The summed E-state index contributed by atoms with van der Waals surface area (Å²) in [6, 6.07) is 0. The Labute approximate surface area is 89.9 Å². The highest BCUT2D eigenvalue weighted by molar-refractivity contribution is 5.67. The summed E-state index contributed by atoms with van der Waals surface area (Å²) in [4.78, 5) is 10.8. The lowest BCUT2D eigenvalue weighted by atomic mass is 9.60. The summed E-state index contributed by atoms with van der Waals surface area (Å²) in [7, 11) is 0. The van der Waals surface area contributed by atoms with Gasteiger partial charge in [0.15, 0.2) is 0 Å². The van der Waals surface area contributed by atoms with Crippen LogP contribution >= 0.6 is 0 Å². The standard InChI is InChI=1S/C12H19FO2/c1-12(13)6-8-3-2-4-9(7-12)10(8)5-11(14)15/h8-10H,2-7H2,1H3,(H,14,15). The molecule has 0 heterocycles. The molecule has 15 heavy (non-hydrogen) atoms. The third-order valence-electron chi connectivity index (χ3n) is 4.15. The lowest BCUT2D eigenvalue weighted by molar-refractivity contribution is -0.141. The Morgan fingerprint density at radius 3 is 2.40 bits per heavy atom. The number of aliphatic carboxylic acids is 1. The Hall–Kier alpha value is -0.600. The van der Waals surface area contributed by atoms with Gasteiger partial charge in [-0.05, 0) is 37.5 Å². The van der Waals surface area contributed by atoms with E-state index < -0.39 is 11.6 Å². The van der Waals surface area contributed by atoms with E-state index in [9.17, 15) is 9.18 Å². The van der Waals surface area contributed by atoms with E-state index in [1.807, 2.05) is 0 Å². The molecule has 2 rings (SSSR count). The van der Waals surface area contributed by atoms with Gasteiger partial charge >= 0.3 is 5.97 Å². The van der Waals surface area contributed by atoms with Crippen LogP contribution in [0.3, 0.4) is 0 Å². The van der Waals surface area contributed by atoms with Gasteiger partial charge in [0.05, 0.1) is 0 Å². The first-order valence-electron chi connectivity index (χ1n) is 5.89. The summed E-state index contributed by atoms with van der Waals surface area (Å²) in [5.41, 5.74) is -1.05. The highest BCUT2D eigenvalue weighted by atomic mass is 19.1. The quantitative estimate of drug-likeness (QED) is 0.767. The maximum atomic E-state index is 14.0. The Kier molecular flexibility index (Phi) is 2.73. The van der Waals surface area contributed by atoms with Gasteiger partial charge in [-0.2, -0.15) is 0 Å². The van der Waals surface area contributed by atoms with Crippen molar-refractivity contribution in [3.63, 3.8) is 0 Å². The average Bonchev–Trinajstić information content (AvgIpc) is 2.05. The normalized spacial score (nSPS) is 45.1. The molecule has 2 nitrogen and oxygen atoms in total. The third kappa shape index (κ3) is 2.32. The molecule has 2 aliphatic rings. The number of alkyl halides is 1. The van der Waals surface area contributed by atoms with Gasteiger partial charge in [0, 0.05) is 6.42 Å². The zero-order chi connectivity index (χ0) is 11.1. The van der Waals surface area contributed by atoms with Gasteiger partial charge in [-0.25, -0.2) is 4.39 Å². The van der Waals surface area contributed by atoms with E-state index in [1.54, 1.807) is 6.92 Å². The predicted octanol–water partition coefficient (Wildman–Crippen LogP) is 3.02. The SMILES string of the molecule is CC1(F)CC2CCCC(C1)C2CC(=O)O. The minimum Gasteiger partial charge on any atom is -0.481 e. The molecule has 2 atom stereocenters. The Morgan fingerprint density at radius 2 is 1.93 bits per heavy atom. The number of carboxylic acids is 1. The molecule has 86 valence electrons. The molecule has 0 radical (unpaired) electrons. The van der Waals surface area contributed by atoms with Gasteiger partial charge in [-0.1, -0.05) is 19.3 Å². The number of carboxylic acid groups (broad SMARTS) is 1. The first-order valence-corrected chi connectivity index (χ1v) is 5.89. The smallest absolute Gasteiger partial charge is 0.303 e. The van der Waals surface area contributed by atoms with Crippen LogP contribution < -0.4 is 0 Å². The zero-order valence-electron chi connectivity index (χ0n) is 9.21. The molecule has 0 aliphatic heterocycles. The summed E-state index contributed by atoms with van der Waals surface area (Å²) in [5.74, 6) is 0.131. The maximum Gasteiger partial charge on any atom is 0.303 e. The molecule has 2 aliphatic carbocycles. The topological polar surface area (TPSA) is 37.3 Å². The van der Waals surface area contributed by atoms with Gasteiger partial charge in [0.2, 0.25) is 0 Å². The summed E-state index contributed by atoms with van der Waals surface area (Å²) in [6.45, 7) is 1.68. The van der Waals surface area contributed by atoms with Crippen molar-refractivity contribution in [2.45, 2.75) is 51.1 Å². The van der Waals surface area contributed by atoms with E-state index in [4.69, 9.17) is 5.11 Å². The van der Waals surface area contributed by atoms with E-state index in [2.05, 4.69) is 0 Å². The largest absolute Gasteiger partial charge is 0.481 e. The van der Waals surface area contributed by atoms with Crippen LogP contribution in [-0.2, 0) is 4.79 Å². The van der Waals surface area contributed by atoms with Gasteiger partial charge in [0.25, 0.3) is 0 Å². The fraction of sp³-hybridized carbons (Fsp3) is 0.917. The van der Waals surface area contributed by atoms with Crippen LogP contribution in [0.25, 0.3) is 0 Å². The highest BCUT2D eigenvalue weighted by Gasteiger charge is 2.46. The number of carbonyl (C=O) groups is 1. The second kappa shape index (κ2) is 3.76. The van der Waals surface area contributed by atoms with Gasteiger partial charge in [-0.15, -0.1) is 0 Å². The monoisotopic (exact) mass is 214 g/mol. The minimum atomic E-state index is -1.05. The molecule has 2 saturated carbocycles. The number of rotatable bonds is 2. The van der Waals surface area contributed by atoms with Crippen molar-refractivity contribution in [1.29, 1.82) is 0 Å². The summed E-state index contributed by atoms with van der Waals surface area (Å²) >= 11 is 0. The number of hydrogen-bond acceptors (Lipinski definition) is 1. The lowest BCUT2D eigenvalue weighted by Crippen LogP contribution is -2.43. The van der Waals surface area contributed by atoms with Crippen molar-refractivity contribution in [2.75, 3.05) is 0 Å². The predicted molar refractivity (Wildman–Crippen MR) is 55.3 cm³/mol. The van der Waals surface area contributed by atoms with Crippen LogP contribution in [0.4, 0.5) is 4.39 Å². The third-order valence-corrected chi connectivity index (χ3v) is 4.15. The summed E-state index contributed by atoms with van der Waals surface area (Å²) in [6.07, 6.45) is 4.58. The Morgan fingerprint density at radius 1 is 1.40 bits per heavy atom. The van der Waals surface area contributed by atoms with Gasteiger partial charge in [-0.3, -0.25) is 4.79 Å². The highest BCUT2D eigenvalue weighted by Crippen LogP contribution is 2.50. The molecular weight excluding hydrogens is 195 g/mol. The Bertz CT molecular complexity index is 246. The van der Waals surface area contributed by atoms with Crippen LogP contribution in [0.5, 0.6) is 0 Å². The van der Waals surface area contributed by atoms with Crippen molar-refractivity contribution < 1.29 is 14.3 Å². The molecule has 0 spiro atoms. The van der Waals surface area contributed by atoms with Gasteiger partial charge < -0.3 is 5.11 Å². The van der Waals surface area contributed by atoms with E-state index in [-0.39, 0.29) is 12.3 Å². The Balaban J connectivity index is 2.10. The van der Waals surface area contributed by atoms with E-state index >= 15 is 0 Å². The summed E-state index contributed by atoms with van der Waals surface area (Å²) < 4.78 is 14.0. The van der Waals surface area contributed by atoms with Crippen molar-refractivity contribution in [3.8, 4) is 0 Å². The van der Waals surface area contributed by atoms with E-state index in [1.165, 1.54) is 0 Å². The minimum absolute atomic E-state index is 0.236. The van der Waals surface area contributed by atoms with Crippen molar-refractivity contribution in [3.05, 3.63) is 0 Å². The molecule has 1 N–H and O–H groups in total. The molecule has 0 aromatic heterocycles. The fourth-order valence-electron chi connectivity index (χ4n) is 3.67. The fourth-order valence-corrected chi connectivity index (χ4v) is 3.67. The second-order valence-corrected chi connectivity index (χ2v) is 5.53. The molecular formula is C12H19FO2. The summed E-state index contributed by atoms with van der Waals surface area (Å²) in [5, 5.41) is 8.86. The number of halogens is 1. The molecule has 0 aromatic rings. The van der Waals surface area contributed by atoms with Crippen molar-refractivity contribution >= 4 is 5.97 Å². The molecule has 0 amide bonds. The van der Waals surface area contributed by atoms with Crippen LogP contribution in [0, 0.1) is 17.8 Å². The van der Waals surface area contributed by atoms with Crippen LogP contribution in [0.1, 0.15) is 45.4 Å². The molecule has 2 unspecified atom stereocenters. The van der Waals surface area contributed by atoms with Crippen molar-refractivity contribution in [1.82, 2.24) is 0 Å². The van der Waals surface area contributed by atoms with E-state index in [0.29, 0.717) is 24.7 Å². The molecule has 0 aromatic carbocycles. The average molecular weight is 214 g/mol. The number of fused-ring (bicyclic) bond motifs is 2. The molecule has 3 heteroatoms. The van der Waals surface area contributed by atoms with Crippen LogP contribution in [0.2, 0.25) is 0 Å². The first-order chi connectivity index (χ1) is 6.98. The zero-order valence-corrected chi connectivity index (χ0v) is 9.21. The van der Waals surface area contributed by atoms with Crippen LogP contribution in [-0.4, -0.2) is 16.7 Å². The van der Waals surface area contributed by atoms with Crippen LogP contribution in [0.15, 0.2) is 0 Å². The lowest BCUT2D eigenvalue weighted by Gasteiger charge is -2.47. The number of hydrogen-bond donors (Lipinski definition) is 1. The first kappa shape index (κ1) is 10.9. The second-order valence-electron chi connectivity index (χ2n) is 5.53. The maximum absolute atomic E-state index is 14.0. The molecule has 0 saturated heterocycles. The van der Waals surface area contributed by atoms with E-state index in [0.717, 1.165) is 19.3 Å². The van der Waals surface area contributed by atoms with Gasteiger partial charge in [0.1, 0.15) is 5.67 Å². The molecule has 2 bridgehead atoms.